The van der Waals surface area contributed by atoms with Crippen LogP contribution >= 0.6 is 0 Å². The van der Waals surface area contributed by atoms with E-state index in [0.29, 0.717) is 48.5 Å². The molecule has 12 nitrogen and oxygen atoms in total. The first kappa shape index (κ1) is 36.8. The SMILES string of the molecule is C=Cc1c(C)c2cc3nc(c4c5[nH]c(cc6nc(cc1[nH]2)C(C)(CC)C6=O)c(C)c5C(=O)C4)[C@@H](CCC(=O)NCCOCCOCC(=O)OC)[C@@H]3C. The molecule has 3 aliphatic rings. The summed E-state index contributed by atoms with van der Waals surface area (Å²) in [4.78, 5) is 68.8. The van der Waals surface area contributed by atoms with Gasteiger partial charge in [-0.15, -0.1) is 0 Å². The predicted molar refractivity (Wildman–Crippen MR) is 198 cm³/mol. The molecule has 1 amide bonds. The Labute approximate surface area is 302 Å². The molecule has 2 aliphatic heterocycles. The fraction of sp³-hybridized carbons (Fsp3) is 0.450. The van der Waals surface area contributed by atoms with Gasteiger partial charge in [0.1, 0.15) is 12.3 Å². The van der Waals surface area contributed by atoms with Gasteiger partial charge in [0.05, 0.1) is 49.2 Å². The van der Waals surface area contributed by atoms with Crippen molar-refractivity contribution in [2.75, 3.05) is 40.1 Å². The Balaban J connectivity index is 1.36. The van der Waals surface area contributed by atoms with Gasteiger partial charge >= 0.3 is 5.97 Å². The van der Waals surface area contributed by atoms with Gasteiger partial charge in [0.2, 0.25) is 5.91 Å². The molecule has 1 aliphatic carbocycles. The minimum absolute atomic E-state index is 0.00126. The molecular formula is C40H47N5O7. The third-order valence-corrected chi connectivity index (χ3v) is 10.9. The van der Waals surface area contributed by atoms with E-state index < -0.39 is 11.4 Å². The number of fused-ring (bicyclic) bond motifs is 8. The molecule has 8 bridgehead atoms. The lowest BCUT2D eigenvalue weighted by Gasteiger charge is -2.19. The lowest BCUT2D eigenvalue weighted by atomic mass is 9.80. The molecule has 0 saturated carbocycles. The maximum atomic E-state index is 13.9. The van der Waals surface area contributed by atoms with Crippen molar-refractivity contribution >= 4 is 51.6 Å². The van der Waals surface area contributed by atoms with E-state index in [1.54, 1.807) is 6.07 Å². The van der Waals surface area contributed by atoms with Crippen LogP contribution in [0.15, 0.2) is 24.8 Å². The first-order valence-electron chi connectivity index (χ1n) is 17.9. The summed E-state index contributed by atoms with van der Waals surface area (Å²) in [7, 11) is 1.30. The highest BCUT2D eigenvalue weighted by Gasteiger charge is 2.41. The molecule has 5 heterocycles. The monoisotopic (exact) mass is 709 g/mol. The number of amides is 1. The van der Waals surface area contributed by atoms with Crippen LogP contribution in [0.3, 0.4) is 0 Å². The summed E-state index contributed by atoms with van der Waals surface area (Å²) < 4.78 is 15.2. The van der Waals surface area contributed by atoms with Crippen LogP contribution in [0.5, 0.6) is 0 Å². The summed E-state index contributed by atoms with van der Waals surface area (Å²) in [6.07, 6.45) is 3.38. The molecule has 0 aromatic carbocycles. The van der Waals surface area contributed by atoms with E-state index >= 15 is 0 Å². The number of methoxy groups -OCH3 is 1. The summed E-state index contributed by atoms with van der Waals surface area (Å²) >= 11 is 0. The molecule has 3 atom stereocenters. The minimum atomic E-state index is -0.806. The number of esters is 1. The fourth-order valence-corrected chi connectivity index (χ4v) is 7.50. The summed E-state index contributed by atoms with van der Waals surface area (Å²) in [6, 6.07) is 5.78. The number of nitrogens with one attached hydrogen (secondary N) is 3. The van der Waals surface area contributed by atoms with Crippen LogP contribution in [-0.2, 0) is 35.6 Å². The first-order valence-corrected chi connectivity index (χ1v) is 17.9. The van der Waals surface area contributed by atoms with E-state index in [2.05, 4.69) is 39.6 Å². The first-order chi connectivity index (χ1) is 24.9. The van der Waals surface area contributed by atoms with Gasteiger partial charge in [0, 0.05) is 70.2 Å². The van der Waals surface area contributed by atoms with Crippen LogP contribution in [0.4, 0.5) is 0 Å². The Bertz CT molecular complexity index is 2130. The quantitative estimate of drug-likeness (QED) is 0.146. The summed E-state index contributed by atoms with van der Waals surface area (Å²) in [6.45, 7) is 15.1. The molecule has 3 aromatic heterocycles. The van der Waals surface area contributed by atoms with Crippen LogP contribution < -0.4 is 5.32 Å². The fourth-order valence-electron chi connectivity index (χ4n) is 7.50. The van der Waals surface area contributed by atoms with E-state index in [4.69, 9.17) is 19.4 Å². The zero-order valence-electron chi connectivity index (χ0n) is 30.8. The Kier molecular flexibility index (Phi) is 10.6. The Morgan fingerprint density at radius 1 is 1.04 bits per heavy atom. The number of aryl methyl sites for hydroxylation is 2. The van der Waals surface area contributed by atoms with Crippen molar-refractivity contribution in [1.82, 2.24) is 25.3 Å². The summed E-state index contributed by atoms with van der Waals surface area (Å²) in [5.74, 6) is -0.788. The van der Waals surface area contributed by atoms with Crippen LogP contribution in [0.1, 0.15) is 112 Å². The van der Waals surface area contributed by atoms with Gasteiger partial charge in [-0.2, -0.15) is 0 Å². The van der Waals surface area contributed by atoms with E-state index in [9.17, 15) is 19.2 Å². The standard InChI is InChI=1S/C40H47N5O7/c1-8-24-21(3)27-17-28-22(4)25(10-11-34(47)41-12-13-51-14-15-52-20-35(48)50-7)37(44-28)26-16-32(46)36-23(5)29(45-38(26)36)18-31-39(49)40(6,9-2)33(43-31)19-30(24)42-27/h8,17-19,22,25,42,45H,1,9-16,20H2,2-7H3,(H,41,47)/t22-,25-,40?/m0/s1. The van der Waals surface area contributed by atoms with Crippen molar-refractivity contribution in [3.05, 3.63) is 75.4 Å². The van der Waals surface area contributed by atoms with E-state index in [0.717, 1.165) is 50.2 Å². The molecule has 0 spiro atoms. The molecule has 0 radical (unpaired) electrons. The summed E-state index contributed by atoms with van der Waals surface area (Å²) in [5.41, 5.74) is 9.10. The maximum Gasteiger partial charge on any atom is 0.331 e. The highest BCUT2D eigenvalue weighted by atomic mass is 16.6. The van der Waals surface area contributed by atoms with E-state index in [-0.39, 0.29) is 62.0 Å². The average Bonchev–Trinajstić information content (AvgIpc) is 3.87. The number of hydrogen-bond acceptors (Lipinski definition) is 9. The molecule has 1 unspecified atom stereocenters. The van der Waals surface area contributed by atoms with Crippen molar-refractivity contribution in [3.8, 4) is 0 Å². The van der Waals surface area contributed by atoms with Crippen molar-refractivity contribution in [3.63, 3.8) is 0 Å². The lowest BCUT2D eigenvalue weighted by Crippen LogP contribution is -2.28. The largest absolute Gasteiger partial charge is 0.467 e. The second-order valence-electron chi connectivity index (χ2n) is 14.0. The van der Waals surface area contributed by atoms with E-state index in [1.807, 2.05) is 39.8 Å². The third-order valence-electron chi connectivity index (χ3n) is 10.9. The number of rotatable bonds is 13. The van der Waals surface area contributed by atoms with Crippen LogP contribution in [0, 0.1) is 13.8 Å². The number of carbonyl (C=O) groups is 4. The summed E-state index contributed by atoms with van der Waals surface area (Å²) in [5, 5.41) is 2.92. The normalized spacial score (nSPS) is 19.3. The van der Waals surface area contributed by atoms with Crippen LogP contribution in [0.2, 0.25) is 0 Å². The molecule has 52 heavy (non-hydrogen) atoms. The highest BCUT2D eigenvalue weighted by molar-refractivity contribution is 6.13. The number of Topliss-reactive ketones (excluding diaryl/α,β-unsaturated/α-hetero) is 2. The number of carbonyl (C=O) groups excluding carboxylic acids is 4. The molecule has 274 valence electrons. The van der Waals surface area contributed by atoms with Gasteiger partial charge < -0.3 is 29.5 Å². The molecule has 12 heteroatoms. The Morgan fingerprint density at radius 2 is 1.79 bits per heavy atom. The number of hydrogen-bond donors (Lipinski definition) is 3. The average molecular weight is 710 g/mol. The van der Waals surface area contributed by atoms with Crippen molar-refractivity contribution in [2.24, 2.45) is 0 Å². The Hall–Kier alpha value is -4.94. The molecule has 6 rings (SSSR count). The van der Waals surface area contributed by atoms with Gasteiger partial charge in [-0.25, -0.2) is 9.78 Å². The van der Waals surface area contributed by atoms with Crippen LogP contribution in [-0.4, -0.2) is 83.5 Å². The molecule has 3 N–H and O–H groups in total. The number of H-pyrrole nitrogens is 2. The smallest absolute Gasteiger partial charge is 0.331 e. The second kappa shape index (κ2) is 15.0. The van der Waals surface area contributed by atoms with Crippen molar-refractivity contribution < 1.29 is 33.4 Å². The number of ketones is 2. The topological polar surface area (TPSA) is 165 Å². The van der Waals surface area contributed by atoms with Gasteiger partial charge in [-0.1, -0.05) is 26.5 Å². The van der Waals surface area contributed by atoms with Gasteiger partial charge in [-0.05, 0) is 62.9 Å². The molecular weight excluding hydrogens is 662 g/mol. The van der Waals surface area contributed by atoms with Gasteiger partial charge in [-0.3, -0.25) is 19.4 Å². The van der Waals surface area contributed by atoms with Crippen LogP contribution in [0.25, 0.3) is 28.1 Å². The molecule has 0 fully saturated rings. The van der Waals surface area contributed by atoms with Crippen molar-refractivity contribution in [2.45, 2.75) is 77.6 Å². The lowest BCUT2D eigenvalue weighted by molar-refractivity contribution is -0.146. The zero-order valence-corrected chi connectivity index (χ0v) is 30.8. The highest BCUT2D eigenvalue weighted by Crippen LogP contribution is 2.44. The second-order valence-corrected chi connectivity index (χ2v) is 14.0. The molecule has 0 saturated heterocycles. The number of aromatic amines is 2. The predicted octanol–water partition coefficient (Wildman–Crippen LogP) is 5.85. The molecule has 3 aromatic rings. The van der Waals surface area contributed by atoms with E-state index in [1.165, 1.54) is 7.11 Å². The maximum absolute atomic E-state index is 13.9. The minimum Gasteiger partial charge on any atom is -0.467 e. The number of aromatic nitrogens is 4. The zero-order chi connectivity index (χ0) is 37.3. The van der Waals surface area contributed by atoms with Gasteiger partial charge in [0.15, 0.2) is 11.6 Å². The third kappa shape index (κ3) is 6.72. The Morgan fingerprint density at radius 3 is 2.52 bits per heavy atom. The number of ether oxygens (including phenoxy) is 3. The van der Waals surface area contributed by atoms with Crippen molar-refractivity contribution in [1.29, 1.82) is 0 Å². The van der Waals surface area contributed by atoms with Gasteiger partial charge in [0.25, 0.3) is 0 Å². The number of nitrogens with zero attached hydrogens (tertiary/aromatic N) is 2.